The van der Waals surface area contributed by atoms with Crippen LogP contribution in [0.3, 0.4) is 0 Å². The standard InChI is InChI=1S/C26H19N9/c27-15-20(16-28)25(19-9-6-14-30-17-19)31-22-10-4-5-11-23(22)32-26(29)33-24-13-12-21(34-35-24)18-7-2-1-3-8-18/h1-14,17,31H,(H3,29,32,33,35). The molecule has 9 nitrogen and oxygen atoms in total. The second-order valence-corrected chi connectivity index (χ2v) is 7.15. The summed E-state index contributed by atoms with van der Waals surface area (Å²) in [5, 5.41) is 33.4. The molecule has 2 aromatic carbocycles. The summed E-state index contributed by atoms with van der Waals surface area (Å²) in [6.45, 7) is 0. The monoisotopic (exact) mass is 457 g/mol. The van der Waals surface area contributed by atoms with E-state index in [2.05, 4.69) is 30.8 Å². The first-order valence-electron chi connectivity index (χ1n) is 10.5. The van der Waals surface area contributed by atoms with Crippen LogP contribution in [-0.2, 0) is 0 Å². The van der Waals surface area contributed by atoms with Crippen LogP contribution in [0.4, 0.5) is 17.2 Å². The number of nitrogens with two attached hydrogens (primary N) is 1. The number of rotatable bonds is 6. The highest BCUT2D eigenvalue weighted by molar-refractivity contribution is 5.98. The van der Waals surface area contributed by atoms with Gasteiger partial charge >= 0.3 is 0 Å². The van der Waals surface area contributed by atoms with Crippen LogP contribution in [-0.4, -0.2) is 21.1 Å². The maximum atomic E-state index is 9.45. The van der Waals surface area contributed by atoms with E-state index in [4.69, 9.17) is 5.73 Å². The minimum absolute atomic E-state index is 0.0803. The van der Waals surface area contributed by atoms with Crippen LogP contribution in [0.15, 0.2) is 102 Å². The fourth-order valence-electron chi connectivity index (χ4n) is 3.20. The summed E-state index contributed by atoms with van der Waals surface area (Å²) in [6.07, 6.45) is 3.18. The van der Waals surface area contributed by atoms with Gasteiger partial charge in [-0.3, -0.25) is 4.98 Å². The smallest absolute Gasteiger partial charge is 0.199 e. The molecule has 0 radical (unpaired) electrons. The van der Waals surface area contributed by atoms with Gasteiger partial charge < -0.3 is 16.4 Å². The number of aliphatic imine (C=N–C) groups is 1. The molecule has 4 N–H and O–H groups in total. The number of pyridine rings is 1. The topological polar surface area (TPSA) is 149 Å². The van der Waals surface area contributed by atoms with Crippen LogP contribution in [0.1, 0.15) is 5.56 Å². The van der Waals surface area contributed by atoms with Gasteiger partial charge in [0.2, 0.25) is 0 Å². The highest BCUT2D eigenvalue weighted by Gasteiger charge is 2.13. The Morgan fingerprint density at radius 3 is 2.14 bits per heavy atom. The van der Waals surface area contributed by atoms with Crippen molar-refractivity contribution < 1.29 is 0 Å². The van der Waals surface area contributed by atoms with E-state index >= 15 is 0 Å². The molecule has 0 saturated heterocycles. The van der Waals surface area contributed by atoms with Crippen molar-refractivity contribution in [2.24, 2.45) is 10.7 Å². The molecule has 0 unspecified atom stereocenters. The Morgan fingerprint density at radius 2 is 1.51 bits per heavy atom. The zero-order valence-corrected chi connectivity index (χ0v) is 18.4. The van der Waals surface area contributed by atoms with E-state index in [1.54, 1.807) is 42.7 Å². The Balaban J connectivity index is 1.57. The summed E-state index contributed by atoms with van der Waals surface area (Å²) in [4.78, 5) is 8.37. The van der Waals surface area contributed by atoms with E-state index in [1.807, 2.05) is 60.7 Å². The second-order valence-electron chi connectivity index (χ2n) is 7.15. The normalized spacial score (nSPS) is 10.5. The number of nitrogens with zero attached hydrogens (tertiary/aromatic N) is 6. The Kier molecular flexibility index (Phi) is 7.02. The maximum Gasteiger partial charge on any atom is 0.199 e. The van der Waals surface area contributed by atoms with E-state index in [9.17, 15) is 10.5 Å². The van der Waals surface area contributed by atoms with Gasteiger partial charge in [0.1, 0.15) is 12.1 Å². The lowest BCUT2D eigenvalue weighted by Crippen LogP contribution is -2.22. The van der Waals surface area contributed by atoms with Gasteiger partial charge in [-0.25, -0.2) is 0 Å². The molecule has 0 amide bonds. The molecule has 0 bridgehead atoms. The highest BCUT2D eigenvalue weighted by atomic mass is 15.2. The van der Waals surface area contributed by atoms with Crippen LogP contribution >= 0.6 is 0 Å². The summed E-state index contributed by atoms with van der Waals surface area (Å²) >= 11 is 0. The molecule has 0 saturated carbocycles. The third-order valence-corrected chi connectivity index (χ3v) is 4.83. The average molecular weight is 458 g/mol. The number of nitriles is 2. The van der Waals surface area contributed by atoms with Gasteiger partial charge in [-0.2, -0.15) is 15.5 Å². The SMILES string of the molecule is N#CC(C#N)=C(Nc1ccccc1NC(N)=Nc1ccc(-c2ccccc2)nn1)c1cccnc1. The van der Waals surface area contributed by atoms with Crippen molar-refractivity contribution in [3.8, 4) is 23.4 Å². The van der Waals surface area contributed by atoms with Gasteiger partial charge in [-0.05, 0) is 36.4 Å². The zero-order chi connectivity index (χ0) is 24.5. The molecule has 35 heavy (non-hydrogen) atoms. The number of para-hydroxylation sites is 2. The molecular weight excluding hydrogens is 438 g/mol. The number of hydrogen-bond acceptors (Lipinski definition) is 7. The number of hydrogen-bond donors (Lipinski definition) is 3. The zero-order valence-electron chi connectivity index (χ0n) is 18.4. The summed E-state index contributed by atoms with van der Waals surface area (Å²) in [5.74, 6) is 0.432. The second kappa shape index (κ2) is 10.9. The van der Waals surface area contributed by atoms with Crippen LogP contribution in [0, 0.1) is 22.7 Å². The number of aromatic nitrogens is 3. The number of benzene rings is 2. The predicted octanol–water partition coefficient (Wildman–Crippen LogP) is 4.47. The van der Waals surface area contributed by atoms with Crippen molar-refractivity contribution in [2.75, 3.05) is 10.6 Å². The quantitative estimate of drug-likeness (QED) is 0.218. The predicted molar refractivity (Wildman–Crippen MR) is 135 cm³/mol. The molecule has 168 valence electrons. The molecular formula is C26H19N9. The van der Waals surface area contributed by atoms with Crippen molar-refractivity contribution >= 4 is 28.8 Å². The first-order valence-corrected chi connectivity index (χ1v) is 10.5. The molecule has 0 aliphatic rings. The lowest BCUT2D eigenvalue weighted by atomic mass is 10.1. The van der Waals surface area contributed by atoms with Crippen LogP contribution in [0.25, 0.3) is 17.0 Å². The van der Waals surface area contributed by atoms with E-state index in [0.29, 0.717) is 28.5 Å². The molecule has 2 heterocycles. The van der Waals surface area contributed by atoms with E-state index in [1.165, 1.54) is 0 Å². The third-order valence-electron chi connectivity index (χ3n) is 4.83. The Hall–Kier alpha value is -5.54. The summed E-state index contributed by atoms with van der Waals surface area (Å²) < 4.78 is 0. The molecule has 0 aliphatic carbocycles. The van der Waals surface area contributed by atoms with Gasteiger partial charge in [0.25, 0.3) is 0 Å². The average Bonchev–Trinajstić information content (AvgIpc) is 2.91. The number of anilines is 2. The molecule has 0 atom stereocenters. The lowest BCUT2D eigenvalue weighted by Gasteiger charge is -2.16. The van der Waals surface area contributed by atoms with Gasteiger partial charge in [-0.15, -0.1) is 10.2 Å². The minimum atomic E-state index is -0.0803. The van der Waals surface area contributed by atoms with E-state index in [0.717, 1.165) is 11.3 Å². The lowest BCUT2D eigenvalue weighted by molar-refractivity contribution is 1.03. The minimum Gasteiger partial charge on any atom is -0.369 e. The Morgan fingerprint density at radius 1 is 0.800 bits per heavy atom. The maximum absolute atomic E-state index is 9.45. The van der Waals surface area contributed by atoms with Crippen LogP contribution in [0.2, 0.25) is 0 Å². The van der Waals surface area contributed by atoms with Crippen molar-refractivity contribution in [1.29, 1.82) is 10.5 Å². The van der Waals surface area contributed by atoms with Gasteiger partial charge in [0, 0.05) is 23.5 Å². The fraction of sp³-hybridized carbons (Fsp3) is 0. The first kappa shape index (κ1) is 22.6. The van der Waals surface area contributed by atoms with Gasteiger partial charge in [0.05, 0.1) is 22.8 Å². The first-order chi connectivity index (χ1) is 17.2. The number of guanidine groups is 1. The molecule has 9 heteroatoms. The molecule has 4 rings (SSSR count). The molecule has 0 aliphatic heterocycles. The fourth-order valence-corrected chi connectivity index (χ4v) is 3.20. The molecule has 0 fully saturated rings. The third kappa shape index (κ3) is 5.64. The number of nitrogens with one attached hydrogen (secondary N) is 2. The van der Waals surface area contributed by atoms with E-state index in [-0.39, 0.29) is 11.5 Å². The summed E-state index contributed by atoms with van der Waals surface area (Å²) in [5.41, 5.74) is 9.81. The molecule has 0 spiro atoms. The Bertz CT molecular complexity index is 1430. The Labute approximate surface area is 201 Å². The molecule has 4 aromatic rings. The molecule has 2 aromatic heterocycles. The van der Waals surface area contributed by atoms with E-state index < -0.39 is 0 Å². The van der Waals surface area contributed by atoms with Gasteiger partial charge in [0.15, 0.2) is 17.4 Å². The summed E-state index contributed by atoms with van der Waals surface area (Å²) in [6, 6.07) is 27.8. The van der Waals surface area contributed by atoms with Crippen molar-refractivity contribution in [2.45, 2.75) is 0 Å². The van der Waals surface area contributed by atoms with Crippen LogP contribution in [0.5, 0.6) is 0 Å². The van der Waals surface area contributed by atoms with Gasteiger partial charge in [-0.1, -0.05) is 42.5 Å². The van der Waals surface area contributed by atoms with Crippen molar-refractivity contribution in [3.05, 3.63) is 102 Å². The van der Waals surface area contributed by atoms with Crippen LogP contribution < -0.4 is 16.4 Å². The van der Waals surface area contributed by atoms with Crippen molar-refractivity contribution in [1.82, 2.24) is 15.2 Å². The highest BCUT2D eigenvalue weighted by Crippen LogP contribution is 2.27. The summed E-state index contributed by atoms with van der Waals surface area (Å²) in [7, 11) is 0. The largest absolute Gasteiger partial charge is 0.369 e. The number of allylic oxidation sites excluding steroid dienone is 1. The van der Waals surface area contributed by atoms with Crippen molar-refractivity contribution in [3.63, 3.8) is 0 Å².